The number of hydrogen-bond acceptors (Lipinski definition) is 4. The van der Waals surface area contributed by atoms with Crippen LogP contribution in [0.15, 0.2) is 34.7 Å². The lowest BCUT2D eigenvalue weighted by atomic mass is 9.86. The number of oxazole rings is 1. The Morgan fingerprint density at radius 2 is 2.08 bits per heavy atom. The molecule has 1 aliphatic heterocycles. The summed E-state index contributed by atoms with van der Waals surface area (Å²) in [4.78, 5) is 19.2. The van der Waals surface area contributed by atoms with E-state index in [0.717, 1.165) is 36.3 Å². The number of benzene rings is 1. The highest BCUT2D eigenvalue weighted by Gasteiger charge is 2.32. The van der Waals surface area contributed by atoms with Crippen molar-refractivity contribution in [3.63, 3.8) is 0 Å². The second-order valence-corrected chi connectivity index (χ2v) is 6.78. The Hall–Kier alpha value is -2.14. The number of aliphatic hydroxyl groups is 1. The molecular weight excluding hydrogens is 304 g/mol. The van der Waals surface area contributed by atoms with Gasteiger partial charge in [-0.15, -0.1) is 0 Å². The number of aliphatic hydroxyl groups excluding tert-OH is 1. The van der Waals surface area contributed by atoms with Crippen LogP contribution in [0.25, 0.3) is 11.5 Å². The van der Waals surface area contributed by atoms with Gasteiger partial charge in [-0.05, 0) is 31.4 Å². The van der Waals surface area contributed by atoms with Gasteiger partial charge in [-0.1, -0.05) is 24.6 Å². The molecule has 1 amide bonds. The van der Waals surface area contributed by atoms with E-state index in [9.17, 15) is 9.90 Å². The molecule has 24 heavy (non-hydrogen) atoms. The molecule has 1 saturated carbocycles. The topological polar surface area (TPSA) is 66.6 Å². The number of carbonyl (C=O) groups is 1. The first-order valence-corrected chi connectivity index (χ1v) is 8.71. The average molecular weight is 326 g/mol. The lowest BCUT2D eigenvalue weighted by Crippen LogP contribution is -2.41. The number of rotatable bonds is 2. The highest BCUT2D eigenvalue weighted by atomic mass is 16.4. The molecule has 0 saturated heterocycles. The Balaban J connectivity index is 1.49. The van der Waals surface area contributed by atoms with Crippen LogP contribution in [0.5, 0.6) is 0 Å². The van der Waals surface area contributed by atoms with E-state index in [2.05, 4.69) is 4.98 Å². The number of hydrogen-bond donors (Lipinski definition) is 1. The van der Waals surface area contributed by atoms with Gasteiger partial charge in [-0.3, -0.25) is 4.79 Å². The van der Waals surface area contributed by atoms with Gasteiger partial charge in [0.15, 0.2) is 0 Å². The fraction of sp³-hybridized carbons (Fsp3) is 0.474. The standard InChI is InChI=1S/C19H22N2O3/c22-15-8-4-7-14(11-15)19(23)21-10-9-17-16(12-21)20-18(24-17)13-5-2-1-3-6-13/h1-3,5-6,14-15,22H,4,7-12H2/t14-,15+/m0/s1. The minimum absolute atomic E-state index is 0.0456. The summed E-state index contributed by atoms with van der Waals surface area (Å²) in [6.45, 7) is 1.18. The first-order valence-electron chi connectivity index (χ1n) is 8.71. The predicted octanol–water partition coefficient (Wildman–Crippen LogP) is 2.78. The quantitative estimate of drug-likeness (QED) is 0.921. The second-order valence-electron chi connectivity index (χ2n) is 6.78. The van der Waals surface area contributed by atoms with Crippen molar-refractivity contribution in [3.05, 3.63) is 41.8 Å². The van der Waals surface area contributed by atoms with Gasteiger partial charge in [0, 0.05) is 24.4 Å². The Morgan fingerprint density at radius 1 is 1.25 bits per heavy atom. The van der Waals surface area contributed by atoms with Crippen molar-refractivity contribution in [2.75, 3.05) is 6.54 Å². The minimum atomic E-state index is -0.329. The third kappa shape index (κ3) is 2.96. The average Bonchev–Trinajstić information content (AvgIpc) is 3.05. The monoisotopic (exact) mass is 326 g/mol. The summed E-state index contributed by atoms with van der Waals surface area (Å²) in [5, 5.41) is 9.82. The molecule has 0 radical (unpaired) electrons. The van der Waals surface area contributed by atoms with Crippen molar-refractivity contribution in [3.8, 4) is 11.5 Å². The fourth-order valence-corrected chi connectivity index (χ4v) is 3.74. The fourth-order valence-electron chi connectivity index (χ4n) is 3.74. The molecule has 1 aromatic heterocycles. The zero-order valence-corrected chi connectivity index (χ0v) is 13.6. The molecular formula is C19H22N2O3. The van der Waals surface area contributed by atoms with Crippen molar-refractivity contribution >= 4 is 5.91 Å². The molecule has 2 heterocycles. The predicted molar refractivity (Wildman–Crippen MR) is 89.0 cm³/mol. The Labute approximate surface area is 141 Å². The maximum absolute atomic E-state index is 12.7. The number of carbonyl (C=O) groups excluding carboxylic acids is 1. The maximum atomic E-state index is 12.7. The van der Waals surface area contributed by atoms with Crippen molar-refractivity contribution in [2.45, 2.75) is 44.8 Å². The molecule has 1 fully saturated rings. The van der Waals surface area contributed by atoms with Crippen LogP contribution in [0.4, 0.5) is 0 Å². The summed E-state index contributed by atoms with van der Waals surface area (Å²) < 4.78 is 5.89. The molecule has 5 nitrogen and oxygen atoms in total. The van der Waals surface area contributed by atoms with Crippen LogP contribution in [0.2, 0.25) is 0 Å². The molecule has 0 unspecified atom stereocenters. The van der Waals surface area contributed by atoms with Gasteiger partial charge in [0.1, 0.15) is 11.5 Å². The maximum Gasteiger partial charge on any atom is 0.226 e. The molecule has 5 heteroatoms. The zero-order chi connectivity index (χ0) is 16.5. The number of fused-ring (bicyclic) bond motifs is 1. The zero-order valence-electron chi connectivity index (χ0n) is 13.6. The molecule has 1 aliphatic carbocycles. The van der Waals surface area contributed by atoms with Crippen LogP contribution >= 0.6 is 0 Å². The van der Waals surface area contributed by atoms with Crippen LogP contribution in [0.1, 0.15) is 37.1 Å². The van der Waals surface area contributed by atoms with E-state index in [0.29, 0.717) is 31.8 Å². The van der Waals surface area contributed by atoms with Crippen molar-refractivity contribution in [1.29, 1.82) is 0 Å². The third-order valence-corrected chi connectivity index (χ3v) is 5.06. The van der Waals surface area contributed by atoms with Gasteiger partial charge in [-0.25, -0.2) is 4.98 Å². The van der Waals surface area contributed by atoms with Crippen LogP contribution in [0, 0.1) is 5.92 Å². The first-order chi connectivity index (χ1) is 11.7. The molecule has 1 aromatic carbocycles. The molecule has 2 atom stereocenters. The normalized spacial score (nSPS) is 23.8. The lowest BCUT2D eigenvalue weighted by molar-refractivity contribution is -0.139. The van der Waals surface area contributed by atoms with E-state index in [1.807, 2.05) is 35.2 Å². The molecule has 4 rings (SSSR count). The van der Waals surface area contributed by atoms with Crippen molar-refractivity contribution in [2.24, 2.45) is 5.92 Å². The van der Waals surface area contributed by atoms with E-state index >= 15 is 0 Å². The van der Waals surface area contributed by atoms with E-state index in [1.54, 1.807) is 0 Å². The van der Waals surface area contributed by atoms with Gasteiger partial charge >= 0.3 is 0 Å². The van der Waals surface area contributed by atoms with Crippen LogP contribution in [-0.2, 0) is 17.8 Å². The van der Waals surface area contributed by atoms with Crippen LogP contribution < -0.4 is 0 Å². The molecule has 126 valence electrons. The van der Waals surface area contributed by atoms with Gasteiger partial charge < -0.3 is 14.4 Å². The smallest absolute Gasteiger partial charge is 0.226 e. The third-order valence-electron chi connectivity index (χ3n) is 5.06. The molecule has 0 bridgehead atoms. The van der Waals surface area contributed by atoms with Crippen LogP contribution in [0.3, 0.4) is 0 Å². The first kappa shape index (κ1) is 15.4. The summed E-state index contributed by atoms with van der Waals surface area (Å²) in [5.74, 6) is 1.63. The van der Waals surface area contributed by atoms with Gasteiger partial charge in [0.25, 0.3) is 0 Å². The van der Waals surface area contributed by atoms with Gasteiger partial charge in [0.05, 0.1) is 12.6 Å². The van der Waals surface area contributed by atoms with E-state index < -0.39 is 0 Å². The largest absolute Gasteiger partial charge is 0.441 e. The van der Waals surface area contributed by atoms with Crippen molar-refractivity contribution < 1.29 is 14.3 Å². The summed E-state index contributed by atoms with van der Waals surface area (Å²) in [7, 11) is 0. The van der Waals surface area contributed by atoms with E-state index in [-0.39, 0.29) is 17.9 Å². The second kappa shape index (κ2) is 6.40. The Bertz CT molecular complexity index is 725. The molecule has 1 N–H and O–H groups in total. The number of nitrogens with zero attached hydrogens (tertiary/aromatic N) is 2. The minimum Gasteiger partial charge on any atom is -0.441 e. The number of amides is 1. The molecule has 0 spiro atoms. The summed E-state index contributed by atoms with van der Waals surface area (Å²) in [6.07, 6.45) is 3.60. The van der Waals surface area contributed by atoms with Crippen molar-refractivity contribution in [1.82, 2.24) is 9.88 Å². The number of aromatic nitrogens is 1. The van der Waals surface area contributed by atoms with Gasteiger partial charge in [-0.2, -0.15) is 0 Å². The highest BCUT2D eigenvalue weighted by molar-refractivity contribution is 5.79. The summed E-state index contributed by atoms with van der Waals surface area (Å²) >= 11 is 0. The van der Waals surface area contributed by atoms with E-state index in [4.69, 9.17) is 4.42 Å². The lowest BCUT2D eigenvalue weighted by Gasteiger charge is -2.32. The summed E-state index contributed by atoms with van der Waals surface area (Å²) in [5.41, 5.74) is 1.82. The van der Waals surface area contributed by atoms with Gasteiger partial charge in [0.2, 0.25) is 11.8 Å². The SMILES string of the molecule is O=C([C@H]1CCC[C@@H](O)C1)N1CCc2oc(-c3ccccc3)nc2C1. The highest BCUT2D eigenvalue weighted by Crippen LogP contribution is 2.30. The molecule has 2 aliphatic rings. The van der Waals surface area contributed by atoms with E-state index in [1.165, 1.54) is 0 Å². The Morgan fingerprint density at radius 3 is 2.88 bits per heavy atom. The Kier molecular flexibility index (Phi) is 4.10. The molecule has 2 aromatic rings. The summed E-state index contributed by atoms with van der Waals surface area (Å²) in [6, 6.07) is 9.84. The van der Waals surface area contributed by atoms with Crippen LogP contribution in [-0.4, -0.2) is 33.5 Å².